The number of nitrogens with zero attached hydrogens (tertiary/aromatic N) is 1. The molecule has 2 heterocycles. The van der Waals surface area contributed by atoms with Crippen molar-refractivity contribution in [2.45, 2.75) is 60.8 Å². The van der Waals surface area contributed by atoms with Gasteiger partial charge < -0.3 is 10.2 Å². The quantitative estimate of drug-likeness (QED) is 0.499. The predicted molar refractivity (Wildman–Crippen MR) is 129 cm³/mol. The minimum Gasteiger partial charge on any atom is -0.346 e. The van der Waals surface area contributed by atoms with E-state index in [0.29, 0.717) is 12.1 Å². The van der Waals surface area contributed by atoms with Crippen molar-refractivity contribution in [2.24, 2.45) is 0 Å². The Balaban J connectivity index is 1.12. The molecule has 2 aromatic carbocycles. The molecule has 2 aromatic rings. The molecule has 3 atom stereocenters. The van der Waals surface area contributed by atoms with E-state index in [4.69, 9.17) is 0 Å². The molecule has 3 unspecified atom stereocenters. The zero-order valence-electron chi connectivity index (χ0n) is 18.5. The molecule has 7 heteroatoms. The maximum atomic E-state index is 12.6. The number of hydrogen-bond donors (Lipinski definition) is 3. The highest BCUT2D eigenvalue weighted by atomic mass is 32.2. The Bertz CT molecular complexity index is 923. The van der Waals surface area contributed by atoms with E-state index in [1.807, 2.05) is 37.4 Å². The predicted octanol–water partition coefficient (Wildman–Crippen LogP) is 4.12. The van der Waals surface area contributed by atoms with E-state index in [-0.39, 0.29) is 23.5 Å². The van der Waals surface area contributed by atoms with Gasteiger partial charge in [0.25, 0.3) is 0 Å². The van der Waals surface area contributed by atoms with Crippen LogP contribution in [0.2, 0.25) is 0 Å². The summed E-state index contributed by atoms with van der Waals surface area (Å²) >= 11 is 1.48. The third kappa shape index (κ3) is 5.91. The lowest BCUT2D eigenvalue weighted by atomic mass is 9.99. The van der Waals surface area contributed by atoms with E-state index >= 15 is 0 Å². The van der Waals surface area contributed by atoms with Crippen LogP contribution in [0.1, 0.15) is 50.1 Å². The van der Waals surface area contributed by atoms with E-state index in [9.17, 15) is 9.59 Å². The van der Waals surface area contributed by atoms with Gasteiger partial charge in [-0.1, -0.05) is 55.3 Å². The summed E-state index contributed by atoms with van der Waals surface area (Å²) in [5.41, 5.74) is 9.00. The Morgan fingerprint density at radius 2 is 1.81 bits per heavy atom. The highest BCUT2D eigenvalue weighted by molar-refractivity contribution is 8.01. The van der Waals surface area contributed by atoms with Crippen LogP contribution in [0.25, 0.3) is 0 Å². The van der Waals surface area contributed by atoms with Crippen LogP contribution in [-0.2, 0) is 9.59 Å². The Hall–Kier alpha value is -2.35. The Morgan fingerprint density at radius 3 is 2.66 bits per heavy atom. The smallest absolute Gasteiger partial charge is 0.238 e. The molecule has 0 aliphatic carbocycles. The maximum absolute atomic E-state index is 12.6. The molecule has 0 saturated carbocycles. The monoisotopic (exact) mass is 452 g/mol. The zero-order chi connectivity index (χ0) is 22.3. The van der Waals surface area contributed by atoms with Gasteiger partial charge in [0, 0.05) is 37.0 Å². The standard InChI is InChI=1S/C25H32N4O2S/c1-29(24(30)17-23-25(31)26-20-13-7-8-14-22(20)32-23)15-9-3-6-12-19-16-21(28-27-19)18-10-4-2-5-11-18/h2,4-5,7-8,10-11,13-14,19,21,23,27-28H,3,6,9,12,15-17H2,1H3,(H,26,31). The van der Waals surface area contributed by atoms with Crippen molar-refractivity contribution in [3.8, 4) is 0 Å². The summed E-state index contributed by atoms with van der Waals surface area (Å²) in [4.78, 5) is 27.8. The molecule has 0 radical (unpaired) electrons. The van der Waals surface area contributed by atoms with Crippen molar-refractivity contribution in [2.75, 3.05) is 18.9 Å². The lowest BCUT2D eigenvalue weighted by Gasteiger charge is -2.25. The number of carbonyl (C=O) groups excluding carboxylic acids is 2. The summed E-state index contributed by atoms with van der Waals surface area (Å²) in [6.07, 6.45) is 5.69. The third-order valence-electron chi connectivity index (χ3n) is 6.22. The van der Waals surface area contributed by atoms with Crippen LogP contribution in [0.4, 0.5) is 5.69 Å². The van der Waals surface area contributed by atoms with E-state index < -0.39 is 0 Å². The van der Waals surface area contributed by atoms with Crippen molar-refractivity contribution >= 4 is 29.3 Å². The fraction of sp³-hybridized carbons (Fsp3) is 0.440. The van der Waals surface area contributed by atoms with Crippen molar-refractivity contribution in [3.05, 3.63) is 60.2 Å². The first-order valence-corrected chi connectivity index (χ1v) is 12.3. The number of unbranched alkanes of at least 4 members (excludes halogenated alkanes) is 2. The highest BCUT2D eigenvalue weighted by Crippen LogP contribution is 2.36. The molecule has 32 heavy (non-hydrogen) atoms. The SMILES string of the molecule is CN(CCCCCC1CC(c2ccccc2)NN1)C(=O)CC1Sc2ccccc2NC1=O. The van der Waals surface area contributed by atoms with E-state index in [1.54, 1.807) is 4.90 Å². The van der Waals surface area contributed by atoms with E-state index in [1.165, 1.54) is 17.3 Å². The maximum Gasteiger partial charge on any atom is 0.238 e. The van der Waals surface area contributed by atoms with E-state index in [2.05, 4.69) is 40.4 Å². The van der Waals surface area contributed by atoms with Crippen LogP contribution < -0.4 is 16.2 Å². The summed E-state index contributed by atoms with van der Waals surface area (Å²) in [5.74, 6) is -0.0497. The Morgan fingerprint density at radius 1 is 1.03 bits per heavy atom. The molecule has 1 saturated heterocycles. The minimum absolute atomic E-state index is 0.0318. The molecule has 170 valence electrons. The summed E-state index contributed by atoms with van der Waals surface area (Å²) in [6.45, 7) is 0.734. The molecule has 1 fully saturated rings. The molecule has 0 spiro atoms. The van der Waals surface area contributed by atoms with Crippen molar-refractivity contribution in [3.63, 3.8) is 0 Å². The Kier molecular flexibility index (Phi) is 7.84. The van der Waals surface area contributed by atoms with Crippen molar-refractivity contribution in [1.82, 2.24) is 15.8 Å². The summed E-state index contributed by atoms with van der Waals surface area (Å²) in [5, 5.41) is 2.55. The van der Waals surface area contributed by atoms with Gasteiger partial charge in [0.15, 0.2) is 0 Å². The van der Waals surface area contributed by atoms with Crippen LogP contribution in [0.3, 0.4) is 0 Å². The van der Waals surface area contributed by atoms with Crippen LogP contribution in [0, 0.1) is 0 Å². The first-order valence-electron chi connectivity index (χ1n) is 11.5. The summed E-state index contributed by atoms with van der Waals surface area (Å²) < 4.78 is 0. The fourth-order valence-corrected chi connectivity index (χ4v) is 5.40. The van der Waals surface area contributed by atoms with Crippen LogP contribution in [-0.4, -0.2) is 41.6 Å². The molecule has 3 N–H and O–H groups in total. The van der Waals surface area contributed by atoms with Gasteiger partial charge in [-0.05, 0) is 37.0 Å². The van der Waals surface area contributed by atoms with Gasteiger partial charge in [0.1, 0.15) is 0 Å². The lowest BCUT2D eigenvalue weighted by molar-refractivity contribution is -0.131. The molecule has 2 aliphatic heterocycles. The summed E-state index contributed by atoms with van der Waals surface area (Å²) in [7, 11) is 1.84. The van der Waals surface area contributed by atoms with Gasteiger partial charge in [-0.25, -0.2) is 0 Å². The first kappa shape index (κ1) is 22.8. The van der Waals surface area contributed by atoms with Gasteiger partial charge >= 0.3 is 0 Å². The van der Waals surface area contributed by atoms with Gasteiger partial charge in [0.2, 0.25) is 11.8 Å². The topological polar surface area (TPSA) is 73.5 Å². The molecule has 0 aromatic heterocycles. The number of fused-ring (bicyclic) bond motifs is 1. The average Bonchev–Trinajstić information content (AvgIpc) is 3.28. The fourth-order valence-electron chi connectivity index (χ4n) is 4.30. The number of hydrazine groups is 1. The van der Waals surface area contributed by atoms with Gasteiger partial charge in [-0.15, -0.1) is 11.8 Å². The molecular weight excluding hydrogens is 420 g/mol. The second kappa shape index (κ2) is 11.0. The lowest BCUT2D eigenvalue weighted by Crippen LogP contribution is -2.36. The number of rotatable bonds is 9. The van der Waals surface area contributed by atoms with Gasteiger partial charge in [0.05, 0.1) is 10.9 Å². The highest BCUT2D eigenvalue weighted by Gasteiger charge is 2.29. The second-order valence-corrected chi connectivity index (χ2v) is 9.89. The number of amides is 2. The second-order valence-electron chi connectivity index (χ2n) is 8.65. The number of carbonyl (C=O) groups is 2. The Labute approximate surface area is 194 Å². The molecule has 4 rings (SSSR count). The number of anilines is 1. The number of hydrogen-bond acceptors (Lipinski definition) is 5. The first-order chi connectivity index (χ1) is 15.6. The number of thioether (sulfide) groups is 1. The van der Waals surface area contributed by atoms with Crippen LogP contribution >= 0.6 is 11.8 Å². The average molecular weight is 453 g/mol. The number of para-hydroxylation sites is 1. The molecule has 2 amide bonds. The van der Waals surface area contributed by atoms with Gasteiger partial charge in [-0.3, -0.25) is 20.4 Å². The normalized spacial score (nSPS) is 22.3. The van der Waals surface area contributed by atoms with Crippen LogP contribution in [0.5, 0.6) is 0 Å². The molecule has 6 nitrogen and oxygen atoms in total. The van der Waals surface area contributed by atoms with Crippen LogP contribution in [0.15, 0.2) is 59.5 Å². The summed E-state index contributed by atoms with van der Waals surface area (Å²) in [6, 6.07) is 19.2. The zero-order valence-corrected chi connectivity index (χ0v) is 19.4. The third-order valence-corrected chi connectivity index (χ3v) is 7.50. The molecule has 0 bridgehead atoms. The molecule has 2 aliphatic rings. The van der Waals surface area contributed by atoms with Crippen molar-refractivity contribution < 1.29 is 9.59 Å². The molecular formula is C25H32N4O2S. The largest absolute Gasteiger partial charge is 0.346 e. The van der Waals surface area contributed by atoms with Crippen molar-refractivity contribution in [1.29, 1.82) is 0 Å². The van der Waals surface area contributed by atoms with Gasteiger partial charge in [-0.2, -0.15) is 0 Å². The number of benzene rings is 2. The number of nitrogens with one attached hydrogen (secondary N) is 3. The minimum atomic E-state index is -0.363. The van der Waals surface area contributed by atoms with E-state index in [0.717, 1.165) is 49.2 Å².